The Bertz CT molecular complexity index is 949. The van der Waals surface area contributed by atoms with Crippen LogP contribution in [0.4, 0.5) is 10.1 Å². The highest BCUT2D eigenvalue weighted by atomic mass is 19.1. The van der Waals surface area contributed by atoms with Gasteiger partial charge in [-0.15, -0.1) is 0 Å². The van der Waals surface area contributed by atoms with Crippen LogP contribution < -0.4 is 15.4 Å². The zero-order valence-corrected chi connectivity index (χ0v) is 15.2. The molecule has 144 valence electrons. The van der Waals surface area contributed by atoms with E-state index in [-0.39, 0.29) is 24.1 Å². The van der Waals surface area contributed by atoms with Crippen molar-refractivity contribution in [2.24, 2.45) is 0 Å². The first-order valence-corrected chi connectivity index (χ1v) is 8.72. The molecular weight excluding hydrogens is 363 g/mol. The lowest BCUT2D eigenvalue weighted by molar-refractivity contribution is -0.122. The average Bonchev–Trinajstić information content (AvgIpc) is 3.19. The summed E-state index contributed by atoms with van der Waals surface area (Å²) in [7, 11) is 0. The molecule has 0 fully saturated rings. The lowest BCUT2D eigenvalue weighted by atomic mass is 10.2. The summed E-state index contributed by atoms with van der Waals surface area (Å²) in [6.07, 6.45) is 0. The Kier molecular flexibility index (Phi) is 6.06. The molecule has 28 heavy (non-hydrogen) atoms. The van der Waals surface area contributed by atoms with Crippen LogP contribution in [-0.4, -0.2) is 25.0 Å². The predicted octanol–water partition coefficient (Wildman–Crippen LogP) is 3.85. The van der Waals surface area contributed by atoms with E-state index in [1.807, 2.05) is 6.92 Å². The number of hydrogen-bond acceptors (Lipinski definition) is 4. The van der Waals surface area contributed by atoms with E-state index >= 15 is 0 Å². The average molecular weight is 382 g/mol. The second-order valence-electron chi connectivity index (χ2n) is 5.89. The molecular formula is C21H19FN2O4. The van der Waals surface area contributed by atoms with Gasteiger partial charge in [-0.25, -0.2) is 4.39 Å². The molecule has 0 atom stereocenters. The first-order valence-electron chi connectivity index (χ1n) is 8.72. The number of likely N-dealkylation sites (N-methyl/N-ethyl adjacent to an activating group) is 1. The number of halogens is 1. The van der Waals surface area contributed by atoms with Crippen molar-refractivity contribution in [3.63, 3.8) is 0 Å². The van der Waals surface area contributed by atoms with Crippen molar-refractivity contribution in [1.29, 1.82) is 0 Å². The highest BCUT2D eigenvalue weighted by Crippen LogP contribution is 2.23. The Balaban J connectivity index is 1.59. The number of benzene rings is 2. The summed E-state index contributed by atoms with van der Waals surface area (Å²) in [4.78, 5) is 23.7. The van der Waals surface area contributed by atoms with Gasteiger partial charge in [-0.1, -0.05) is 0 Å². The van der Waals surface area contributed by atoms with Crippen LogP contribution in [0.25, 0.3) is 11.3 Å². The van der Waals surface area contributed by atoms with Crippen molar-refractivity contribution in [3.05, 3.63) is 72.2 Å². The van der Waals surface area contributed by atoms with Gasteiger partial charge in [-0.3, -0.25) is 9.59 Å². The Labute approximate surface area is 161 Å². The fourth-order valence-corrected chi connectivity index (χ4v) is 2.45. The van der Waals surface area contributed by atoms with E-state index in [4.69, 9.17) is 9.15 Å². The minimum atomic E-state index is -0.413. The summed E-state index contributed by atoms with van der Waals surface area (Å²) in [6, 6.07) is 15.6. The maximum absolute atomic E-state index is 13.0. The molecule has 0 saturated heterocycles. The first-order chi connectivity index (χ1) is 13.5. The van der Waals surface area contributed by atoms with Gasteiger partial charge < -0.3 is 19.8 Å². The van der Waals surface area contributed by atoms with Crippen LogP contribution in [-0.2, 0) is 4.79 Å². The van der Waals surface area contributed by atoms with Crippen LogP contribution in [0.2, 0.25) is 0 Å². The van der Waals surface area contributed by atoms with Crippen molar-refractivity contribution in [1.82, 2.24) is 5.32 Å². The third kappa shape index (κ3) is 4.97. The molecule has 0 aliphatic heterocycles. The van der Waals surface area contributed by atoms with Crippen molar-refractivity contribution in [2.75, 3.05) is 18.5 Å². The van der Waals surface area contributed by atoms with E-state index in [1.54, 1.807) is 48.5 Å². The van der Waals surface area contributed by atoms with Gasteiger partial charge in [0.1, 0.15) is 17.3 Å². The van der Waals surface area contributed by atoms with Gasteiger partial charge in [0.15, 0.2) is 12.4 Å². The normalized spacial score (nSPS) is 10.4. The number of nitrogens with one attached hydrogen (secondary N) is 2. The molecule has 0 spiro atoms. The minimum absolute atomic E-state index is 0.0713. The van der Waals surface area contributed by atoms with Crippen LogP contribution >= 0.6 is 0 Å². The summed E-state index contributed by atoms with van der Waals surface area (Å²) in [5.74, 6) is 0.168. The largest absolute Gasteiger partial charge is 0.484 e. The molecule has 0 radical (unpaired) electrons. The summed E-state index contributed by atoms with van der Waals surface area (Å²) >= 11 is 0. The smallest absolute Gasteiger partial charge is 0.291 e. The molecule has 0 aliphatic carbocycles. The van der Waals surface area contributed by atoms with Gasteiger partial charge in [-0.2, -0.15) is 0 Å². The van der Waals surface area contributed by atoms with Crippen LogP contribution in [0.15, 0.2) is 65.1 Å². The molecule has 6 nitrogen and oxygen atoms in total. The molecule has 3 aromatic rings. The lowest BCUT2D eigenvalue weighted by Gasteiger charge is -2.07. The van der Waals surface area contributed by atoms with E-state index in [1.165, 1.54) is 12.1 Å². The van der Waals surface area contributed by atoms with Gasteiger partial charge in [0.2, 0.25) is 0 Å². The Morgan fingerprint density at radius 2 is 1.71 bits per heavy atom. The van der Waals surface area contributed by atoms with Gasteiger partial charge in [-0.05, 0) is 67.6 Å². The molecule has 0 bridgehead atoms. The topological polar surface area (TPSA) is 80.6 Å². The second-order valence-corrected chi connectivity index (χ2v) is 5.89. The molecule has 2 aromatic carbocycles. The summed E-state index contributed by atoms with van der Waals surface area (Å²) < 4.78 is 23.9. The minimum Gasteiger partial charge on any atom is -0.484 e. The van der Waals surface area contributed by atoms with E-state index in [0.29, 0.717) is 29.3 Å². The number of furan rings is 1. The summed E-state index contributed by atoms with van der Waals surface area (Å²) in [6.45, 7) is 2.30. The lowest BCUT2D eigenvalue weighted by Crippen LogP contribution is -2.28. The van der Waals surface area contributed by atoms with E-state index < -0.39 is 5.91 Å². The molecule has 0 aliphatic rings. The number of carbonyl (C=O) groups is 2. The van der Waals surface area contributed by atoms with Crippen molar-refractivity contribution < 1.29 is 23.1 Å². The third-order valence-electron chi connectivity index (χ3n) is 3.81. The van der Waals surface area contributed by atoms with Crippen molar-refractivity contribution >= 4 is 17.5 Å². The molecule has 2 amide bonds. The van der Waals surface area contributed by atoms with Crippen LogP contribution in [0.1, 0.15) is 17.5 Å². The number of hydrogen-bond donors (Lipinski definition) is 2. The predicted molar refractivity (Wildman–Crippen MR) is 103 cm³/mol. The zero-order chi connectivity index (χ0) is 19.9. The third-order valence-corrected chi connectivity index (χ3v) is 3.81. The van der Waals surface area contributed by atoms with Gasteiger partial charge >= 0.3 is 0 Å². The van der Waals surface area contributed by atoms with Crippen molar-refractivity contribution in [2.45, 2.75) is 6.92 Å². The molecule has 2 N–H and O–H groups in total. The van der Waals surface area contributed by atoms with Gasteiger partial charge in [0.05, 0.1) is 0 Å². The van der Waals surface area contributed by atoms with Gasteiger partial charge in [0.25, 0.3) is 11.8 Å². The highest BCUT2D eigenvalue weighted by Gasteiger charge is 2.13. The molecule has 1 aromatic heterocycles. The molecule has 1 heterocycles. The summed E-state index contributed by atoms with van der Waals surface area (Å²) in [5.41, 5.74) is 1.23. The SMILES string of the molecule is CCNC(=O)COc1ccc(NC(=O)c2ccc(-c3ccc(F)cc3)o2)cc1. The van der Waals surface area contributed by atoms with E-state index in [0.717, 1.165) is 0 Å². The van der Waals surface area contributed by atoms with Gasteiger partial charge in [0, 0.05) is 17.8 Å². The number of amides is 2. The van der Waals surface area contributed by atoms with Crippen LogP contribution in [0.3, 0.4) is 0 Å². The number of anilines is 1. The monoisotopic (exact) mass is 382 g/mol. The second kappa shape index (κ2) is 8.85. The van der Waals surface area contributed by atoms with Crippen LogP contribution in [0, 0.1) is 5.82 Å². The Morgan fingerprint density at radius 1 is 1.00 bits per heavy atom. The van der Waals surface area contributed by atoms with E-state index in [9.17, 15) is 14.0 Å². The molecule has 3 rings (SSSR count). The standard InChI is InChI=1S/C21H19FN2O4/c1-2-23-20(25)13-27-17-9-7-16(8-10-17)24-21(26)19-12-11-18(28-19)14-3-5-15(22)6-4-14/h3-12H,2,13H2,1H3,(H,23,25)(H,24,26). The fourth-order valence-electron chi connectivity index (χ4n) is 2.45. The fraction of sp³-hybridized carbons (Fsp3) is 0.143. The first kappa shape index (κ1) is 19.2. The summed E-state index contributed by atoms with van der Waals surface area (Å²) in [5, 5.41) is 5.35. The molecule has 7 heteroatoms. The van der Waals surface area contributed by atoms with E-state index in [2.05, 4.69) is 10.6 Å². The number of ether oxygens (including phenoxy) is 1. The number of carbonyl (C=O) groups excluding carboxylic acids is 2. The Morgan fingerprint density at radius 3 is 2.39 bits per heavy atom. The zero-order valence-electron chi connectivity index (χ0n) is 15.2. The molecule has 0 saturated carbocycles. The Hall–Kier alpha value is -3.61. The maximum Gasteiger partial charge on any atom is 0.291 e. The highest BCUT2D eigenvalue weighted by molar-refractivity contribution is 6.02. The van der Waals surface area contributed by atoms with Crippen molar-refractivity contribution in [3.8, 4) is 17.1 Å². The quantitative estimate of drug-likeness (QED) is 0.650. The van der Waals surface area contributed by atoms with Crippen LogP contribution in [0.5, 0.6) is 5.75 Å². The maximum atomic E-state index is 13.0. The number of rotatable bonds is 7. The molecule has 0 unspecified atom stereocenters.